The standard InChI is InChI=1S/C26H36N2O2/c1-4-6-26(19-11-13-27-14-12-19)30-23-9-10-24-21(16-23)17-28(2)18-25(24)20-7-5-8-22(15-20)29-3/h5,7-10,15-16,19,25-27H,4,6,11-14,17-18H2,1-3H3. The largest absolute Gasteiger partial charge is 0.497 e. The summed E-state index contributed by atoms with van der Waals surface area (Å²) in [5, 5.41) is 3.48. The Labute approximate surface area is 181 Å². The van der Waals surface area contributed by atoms with Crippen LogP contribution >= 0.6 is 0 Å². The first-order valence-electron chi connectivity index (χ1n) is 11.5. The summed E-state index contributed by atoms with van der Waals surface area (Å²) in [4.78, 5) is 2.41. The molecule has 1 fully saturated rings. The molecule has 0 bridgehead atoms. The lowest BCUT2D eigenvalue weighted by Crippen LogP contribution is -2.37. The van der Waals surface area contributed by atoms with E-state index in [1.165, 1.54) is 36.0 Å². The van der Waals surface area contributed by atoms with E-state index in [0.717, 1.165) is 44.1 Å². The molecule has 0 aliphatic carbocycles. The average molecular weight is 409 g/mol. The van der Waals surface area contributed by atoms with E-state index in [9.17, 15) is 0 Å². The number of nitrogens with zero attached hydrogens (tertiary/aromatic N) is 1. The smallest absolute Gasteiger partial charge is 0.120 e. The van der Waals surface area contributed by atoms with Gasteiger partial charge >= 0.3 is 0 Å². The van der Waals surface area contributed by atoms with Gasteiger partial charge < -0.3 is 19.7 Å². The number of methoxy groups -OCH3 is 1. The van der Waals surface area contributed by atoms with Crippen LogP contribution in [0.1, 0.15) is 55.2 Å². The first kappa shape index (κ1) is 21.2. The maximum atomic E-state index is 6.61. The number of rotatable bonds is 7. The van der Waals surface area contributed by atoms with Gasteiger partial charge in [-0.05, 0) is 86.3 Å². The Hall–Kier alpha value is -2.04. The summed E-state index contributed by atoms with van der Waals surface area (Å²) in [5.74, 6) is 2.98. The number of likely N-dealkylation sites (N-methyl/N-ethyl adjacent to an activating group) is 1. The third-order valence-corrected chi connectivity index (χ3v) is 6.69. The molecule has 2 atom stereocenters. The van der Waals surface area contributed by atoms with Crippen molar-refractivity contribution in [1.82, 2.24) is 10.2 Å². The number of piperidine rings is 1. The van der Waals surface area contributed by atoms with E-state index in [-0.39, 0.29) is 0 Å². The lowest BCUT2D eigenvalue weighted by Gasteiger charge is -2.34. The minimum atomic E-state index is 0.325. The van der Waals surface area contributed by atoms with Gasteiger partial charge in [-0.3, -0.25) is 0 Å². The Morgan fingerprint density at radius 1 is 1.10 bits per heavy atom. The van der Waals surface area contributed by atoms with E-state index in [4.69, 9.17) is 9.47 Å². The van der Waals surface area contributed by atoms with Gasteiger partial charge in [0.2, 0.25) is 0 Å². The van der Waals surface area contributed by atoms with E-state index in [1.54, 1.807) is 7.11 Å². The quantitative estimate of drug-likeness (QED) is 0.712. The normalized spacial score (nSPS) is 21.1. The van der Waals surface area contributed by atoms with Gasteiger partial charge in [0.1, 0.15) is 17.6 Å². The fraction of sp³-hybridized carbons (Fsp3) is 0.538. The van der Waals surface area contributed by atoms with Crippen molar-refractivity contribution >= 4 is 0 Å². The summed E-state index contributed by atoms with van der Waals surface area (Å²) in [7, 11) is 3.94. The molecule has 0 amide bonds. The van der Waals surface area contributed by atoms with Gasteiger partial charge in [-0.15, -0.1) is 0 Å². The lowest BCUT2D eigenvalue weighted by atomic mass is 9.84. The van der Waals surface area contributed by atoms with Crippen LogP contribution in [0.3, 0.4) is 0 Å². The number of hydrogen-bond acceptors (Lipinski definition) is 4. The van der Waals surface area contributed by atoms with E-state index < -0.39 is 0 Å². The van der Waals surface area contributed by atoms with Gasteiger partial charge in [-0.1, -0.05) is 31.5 Å². The molecule has 0 spiro atoms. The fourth-order valence-corrected chi connectivity index (χ4v) is 5.11. The molecule has 4 nitrogen and oxygen atoms in total. The Bertz CT molecular complexity index is 832. The molecule has 2 aliphatic rings. The molecule has 2 aromatic carbocycles. The summed E-state index contributed by atoms with van der Waals surface area (Å²) in [6, 6.07) is 15.3. The summed E-state index contributed by atoms with van der Waals surface area (Å²) in [6.45, 7) is 6.49. The van der Waals surface area contributed by atoms with Crippen LogP contribution in [-0.2, 0) is 6.54 Å². The van der Waals surface area contributed by atoms with E-state index >= 15 is 0 Å². The van der Waals surface area contributed by atoms with Crippen LogP contribution in [0.15, 0.2) is 42.5 Å². The average Bonchev–Trinajstić information content (AvgIpc) is 2.78. The van der Waals surface area contributed by atoms with Crippen molar-refractivity contribution in [3.05, 3.63) is 59.2 Å². The van der Waals surface area contributed by atoms with Gasteiger partial charge in [-0.2, -0.15) is 0 Å². The van der Waals surface area contributed by atoms with Gasteiger partial charge in [0, 0.05) is 19.0 Å². The first-order valence-corrected chi connectivity index (χ1v) is 11.5. The van der Waals surface area contributed by atoms with Crippen molar-refractivity contribution in [1.29, 1.82) is 0 Å². The van der Waals surface area contributed by atoms with Crippen LogP contribution in [0.25, 0.3) is 0 Å². The molecule has 4 rings (SSSR count). The summed E-state index contributed by atoms with van der Waals surface area (Å²) >= 11 is 0. The van der Waals surface area contributed by atoms with Crippen molar-refractivity contribution in [2.24, 2.45) is 5.92 Å². The molecule has 4 heteroatoms. The highest BCUT2D eigenvalue weighted by Gasteiger charge is 2.27. The monoisotopic (exact) mass is 408 g/mol. The maximum absolute atomic E-state index is 6.61. The number of nitrogens with one attached hydrogen (secondary N) is 1. The van der Waals surface area contributed by atoms with E-state index in [2.05, 4.69) is 60.6 Å². The van der Waals surface area contributed by atoms with Gasteiger partial charge in [-0.25, -0.2) is 0 Å². The molecule has 2 heterocycles. The van der Waals surface area contributed by atoms with Gasteiger partial charge in [0.05, 0.1) is 7.11 Å². The minimum absolute atomic E-state index is 0.325. The SMILES string of the molecule is CCCC(Oc1ccc2c(c1)CN(C)CC2c1cccc(OC)c1)C1CCNCC1. The van der Waals surface area contributed by atoms with Gasteiger partial charge in [0.15, 0.2) is 0 Å². The molecule has 30 heavy (non-hydrogen) atoms. The minimum Gasteiger partial charge on any atom is -0.497 e. The number of ether oxygens (including phenoxy) is 2. The third kappa shape index (κ3) is 4.81. The Morgan fingerprint density at radius 3 is 2.70 bits per heavy atom. The van der Waals surface area contributed by atoms with E-state index in [0.29, 0.717) is 17.9 Å². The lowest BCUT2D eigenvalue weighted by molar-refractivity contribution is 0.103. The zero-order valence-electron chi connectivity index (χ0n) is 18.7. The molecule has 162 valence electrons. The number of benzene rings is 2. The van der Waals surface area contributed by atoms with Crippen molar-refractivity contribution in [2.75, 3.05) is 33.8 Å². The molecule has 2 aliphatic heterocycles. The molecule has 1 saturated heterocycles. The summed E-state index contributed by atoms with van der Waals surface area (Å²) in [5.41, 5.74) is 4.12. The van der Waals surface area contributed by atoms with Crippen LogP contribution in [0.5, 0.6) is 11.5 Å². The zero-order valence-corrected chi connectivity index (χ0v) is 18.7. The van der Waals surface area contributed by atoms with Crippen molar-refractivity contribution in [2.45, 2.75) is 51.2 Å². The fourth-order valence-electron chi connectivity index (χ4n) is 5.11. The maximum Gasteiger partial charge on any atom is 0.120 e. The van der Waals surface area contributed by atoms with Crippen molar-refractivity contribution < 1.29 is 9.47 Å². The second-order valence-electron chi connectivity index (χ2n) is 8.92. The highest BCUT2D eigenvalue weighted by Crippen LogP contribution is 2.36. The Kier molecular flexibility index (Phi) is 6.96. The third-order valence-electron chi connectivity index (χ3n) is 6.69. The van der Waals surface area contributed by atoms with Crippen molar-refractivity contribution in [3.63, 3.8) is 0 Å². The highest BCUT2D eigenvalue weighted by molar-refractivity contribution is 5.45. The molecule has 0 radical (unpaired) electrons. The second kappa shape index (κ2) is 9.84. The predicted molar refractivity (Wildman–Crippen MR) is 123 cm³/mol. The summed E-state index contributed by atoms with van der Waals surface area (Å²) in [6.07, 6.45) is 5.06. The molecular formula is C26H36N2O2. The molecule has 0 saturated carbocycles. The first-order chi connectivity index (χ1) is 14.7. The number of hydrogen-bond donors (Lipinski definition) is 1. The van der Waals surface area contributed by atoms with Gasteiger partial charge in [0.25, 0.3) is 0 Å². The topological polar surface area (TPSA) is 33.7 Å². The molecular weight excluding hydrogens is 372 g/mol. The summed E-state index contributed by atoms with van der Waals surface area (Å²) < 4.78 is 12.1. The zero-order chi connectivity index (χ0) is 20.9. The second-order valence-corrected chi connectivity index (χ2v) is 8.92. The van der Waals surface area contributed by atoms with Crippen LogP contribution in [0, 0.1) is 5.92 Å². The van der Waals surface area contributed by atoms with Crippen LogP contribution < -0.4 is 14.8 Å². The van der Waals surface area contributed by atoms with E-state index in [1.807, 2.05) is 6.07 Å². The van der Waals surface area contributed by atoms with Crippen LogP contribution in [0.2, 0.25) is 0 Å². The Balaban J connectivity index is 1.57. The van der Waals surface area contributed by atoms with Crippen LogP contribution in [0.4, 0.5) is 0 Å². The molecule has 1 N–H and O–H groups in total. The molecule has 2 aromatic rings. The van der Waals surface area contributed by atoms with Crippen LogP contribution in [-0.4, -0.2) is 44.8 Å². The highest BCUT2D eigenvalue weighted by atomic mass is 16.5. The Morgan fingerprint density at radius 2 is 1.93 bits per heavy atom. The number of fused-ring (bicyclic) bond motifs is 1. The predicted octanol–water partition coefficient (Wildman–Crippen LogP) is 4.82. The molecule has 2 unspecified atom stereocenters. The molecule has 0 aromatic heterocycles. The van der Waals surface area contributed by atoms with Crippen molar-refractivity contribution in [3.8, 4) is 11.5 Å².